The number of carbonyl (C=O) groups is 1. The molecule has 19 heavy (non-hydrogen) atoms. The summed E-state index contributed by atoms with van der Waals surface area (Å²) in [6.07, 6.45) is 3.68. The topological polar surface area (TPSA) is 52.1 Å². The summed E-state index contributed by atoms with van der Waals surface area (Å²) < 4.78 is 5.59. The molecule has 0 spiro atoms. The first-order valence-corrected chi connectivity index (χ1v) is 6.34. The smallest absolute Gasteiger partial charge is 0.196 e. The second-order valence-corrected chi connectivity index (χ2v) is 4.60. The van der Waals surface area contributed by atoms with Crippen LogP contribution >= 0.6 is 0 Å². The van der Waals surface area contributed by atoms with Crippen LogP contribution in [0.3, 0.4) is 0 Å². The Bertz CT molecular complexity index is 638. The van der Waals surface area contributed by atoms with Crippen molar-refractivity contribution < 1.29 is 9.53 Å². The minimum absolute atomic E-state index is 0.122. The fraction of sp³-hybridized carbons (Fsp3) is 0.267. The highest BCUT2D eigenvalue weighted by molar-refractivity contribution is 5.90. The number of fused-ring (bicyclic) bond motifs is 1. The number of Topliss-reactive ketones (excluding diaryl/α,β-unsaturated/α-hetero) is 1. The van der Waals surface area contributed by atoms with Crippen LogP contribution in [0.4, 0.5) is 0 Å². The van der Waals surface area contributed by atoms with Gasteiger partial charge in [0.1, 0.15) is 5.75 Å². The maximum Gasteiger partial charge on any atom is 0.196 e. The zero-order chi connectivity index (χ0) is 13.2. The van der Waals surface area contributed by atoms with E-state index in [0.29, 0.717) is 0 Å². The van der Waals surface area contributed by atoms with Crippen LogP contribution in [-0.2, 0) is 6.42 Å². The lowest BCUT2D eigenvalue weighted by molar-refractivity contribution is 0.100. The zero-order valence-corrected chi connectivity index (χ0v) is 10.7. The number of aromatic nitrogens is 2. The summed E-state index contributed by atoms with van der Waals surface area (Å²) in [7, 11) is 0. The molecule has 1 aliphatic rings. The number of carbonyl (C=O) groups excluding carboxylic acids is 1. The Morgan fingerprint density at radius 1 is 1.32 bits per heavy atom. The lowest BCUT2D eigenvalue weighted by atomic mass is 10.0. The second-order valence-electron chi connectivity index (χ2n) is 4.60. The van der Waals surface area contributed by atoms with Crippen molar-refractivity contribution in [3.05, 3.63) is 41.9 Å². The van der Waals surface area contributed by atoms with Crippen molar-refractivity contribution in [3.8, 4) is 17.0 Å². The Morgan fingerprint density at radius 3 is 3.05 bits per heavy atom. The van der Waals surface area contributed by atoms with Crippen LogP contribution in [0.5, 0.6) is 5.75 Å². The third kappa shape index (κ3) is 2.34. The van der Waals surface area contributed by atoms with E-state index in [1.54, 1.807) is 6.20 Å². The SMILES string of the molecule is CC(=O)c1nccc(-c2ccc3c(c2)CCCO3)n1. The molecule has 2 heterocycles. The maximum absolute atomic E-state index is 11.3. The van der Waals surface area contributed by atoms with Crippen LogP contribution in [-0.4, -0.2) is 22.4 Å². The second kappa shape index (κ2) is 4.80. The fourth-order valence-electron chi connectivity index (χ4n) is 2.21. The van der Waals surface area contributed by atoms with E-state index in [1.165, 1.54) is 12.5 Å². The number of ether oxygens (including phenoxy) is 1. The molecule has 96 valence electrons. The van der Waals surface area contributed by atoms with Gasteiger partial charge in [0.25, 0.3) is 0 Å². The first-order valence-electron chi connectivity index (χ1n) is 6.34. The monoisotopic (exact) mass is 254 g/mol. The Kier molecular flexibility index (Phi) is 2.99. The van der Waals surface area contributed by atoms with E-state index in [-0.39, 0.29) is 11.6 Å². The summed E-state index contributed by atoms with van der Waals surface area (Å²) in [5.74, 6) is 1.09. The average Bonchev–Trinajstić information content (AvgIpc) is 2.47. The molecule has 0 unspecified atom stereocenters. The van der Waals surface area contributed by atoms with E-state index in [2.05, 4.69) is 16.0 Å². The zero-order valence-electron chi connectivity index (χ0n) is 10.7. The largest absolute Gasteiger partial charge is 0.493 e. The predicted octanol–water partition coefficient (Wildman–Crippen LogP) is 2.67. The maximum atomic E-state index is 11.3. The van der Waals surface area contributed by atoms with Crippen LogP contribution in [0.15, 0.2) is 30.5 Å². The van der Waals surface area contributed by atoms with Crippen LogP contribution < -0.4 is 4.74 Å². The molecule has 0 saturated heterocycles. The van der Waals surface area contributed by atoms with Crippen LogP contribution in [0.2, 0.25) is 0 Å². The van der Waals surface area contributed by atoms with Gasteiger partial charge in [-0.15, -0.1) is 0 Å². The third-order valence-electron chi connectivity index (χ3n) is 3.17. The number of benzene rings is 1. The Labute approximate surface area is 111 Å². The highest BCUT2D eigenvalue weighted by atomic mass is 16.5. The van der Waals surface area contributed by atoms with Crippen molar-refractivity contribution >= 4 is 5.78 Å². The highest BCUT2D eigenvalue weighted by Gasteiger charge is 2.12. The van der Waals surface area contributed by atoms with E-state index in [4.69, 9.17) is 4.74 Å². The molecule has 2 aromatic rings. The predicted molar refractivity (Wildman–Crippen MR) is 71.3 cm³/mol. The van der Waals surface area contributed by atoms with Gasteiger partial charge < -0.3 is 4.74 Å². The van der Waals surface area contributed by atoms with Gasteiger partial charge in [0.2, 0.25) is 0 Å². The molecule has 0 fully saturated rings. The number of rotatable bonds is 2. The quantitative estimate of drug-likeness (QED) is 0.773. The van der Waals surface area contributed by atoms with Crippen LogP contribution in [0.1, 0.15) is 29.5 Å². The normalized spacial score (nSPS) is 13.5. The minimum atomic E-state index is -0.122. The summed E-state index contributed by atoms with van der Waals surface area (Å²) in [5, 5.41) is 0. The van der Waals surface area contributed by atoms with Crippen molar-refractivity contribution in [2.45, 2.75) is 19.8 Å². The molecule has 4 heteroatoms. The summed E-state index contributed by atoms with van der Waals surface area (Å²) in [6, 6.07) is 7.84. The number of nitrogens with zero attached hydrogens (tertiary/aromatic N) is 2. The molecular formula is C15H14N2O2. The van der Waals surface area contributed by atoms with Crippen molar-refractivity contribution in [1.82, 2.24) is 9.97 Å². The van der Waals surface area contributed by atoms with Crippen LogP contribution in [0, 0.1) is 0 Å². The van der Waals surface area contributed by atoms with E-state index in [9.17, 15) is 4.79 Å². The minimum Gasteiger partial charge on any atom is -0.493 e. The van der Waals surface area contributed by atoms with Gasteiger partial charge in [-0.1, -0.05) is 0 Å². The van der Waals surface area contributed by atoms with Gasteiger partial charge in [-0.3, -0.25) is 4.79 Å². The average molecular weight is 254 g/mol. The van der Waals surface area contributed by atoms with E-state index in [1.807, 2.05) is 18.2 Å². The first-order chi connectivity index (χ1) is 9.24. The van der Waals surface area contributed by atoms with Crippen molar-refractivity contribution in [2.24, 2.45) is 0 Å². The number of hydrogen-bond donors (Lipinski definition) is 0. The number of aryl methyl sites for hydroxylation is 1. The standard InChI is InChI=1S/C15H14N2O2/c1-10(18)15-16-7-6-13(17-15)11-4-5-14-12(9-11)3-2-8-19-14/h4-7,9H,2-3,8H2,1H3. The summed E-state index contributed by atoms with van der Waals surface area (Å²) in [5.41, 5.74) is 2.97. The number of hydrogen-bond acceptors (Lipinski definition) is 4. The molecule has 0 N–H and O–H groups in total. The van der Waals surface area contributed by atoms with Gasteiger partial charge >= 0.3 is 0 Å². The molecule has 0 aliphatic carbocycles. The van der Waals surface area contributed by atoms with Gasteiger partial charge in [-0.05, 0) is 42.7 Å². The van der Waals surface area contributed by atoms with Crippen molar-refractivity contribution in [1.29, 1.82) is 0 Å². The molecular weight excluding hydrogens is 240 g/mol. The number of ketones is 1. The Morgan fingerprint density at radius 2 is 2.21 bits per heavy atom. The molecule has 0 bridgehead atoms. The van der Waals surface area contributed by atoms with Gasteiger partial charge in [0.15, 0.2) is 11.6 Å². The van der Waals surface area contributed by atoms with Crippen molar-refractivity contribution in [3.63, 3.8) is 0 Å². The molecule has 4 nitrogen and oxygen atoms in total. The van der Waals surface area contributed by atoms with Gasteiger partial charge in [0.05, 0.1) is 12.3 Å². The van der Waals surface area contributed by atoms with Gasteiger partial charge in [0, 0.05) is 18.7 Å². The third-order valence-corrected chi connectivity index (χ3v) is 3.17. The van der Waals surface area contributed by atoms with E-state index < -0.39 is 0 Å². The summed E-state index contributed by atoms with van der Waals surface area (Å²) in [4.78, 5) is 19.6. The molecule has 1 aromatic carbocycles. The van der Waals surface area contributed by atoms with E-state index in [0.717, 1.165) is 36.5 Å². The van der Waals surface area contributed by atoms with Crippen molar-refractivity contribution in [2.75, 3.05) is 6.61 Å². The molecule has 0 saturated carbocycles. The van der Waals surface area contributed by atoms with Gasteiger partial charge in [-0.25, -0.2) is 9.97 Å². The molecule has 1 aliphatic heterocycles. The Balaban J connectivity index is 2.02. The fourth-order valence-corrected chi connectivity index (χ4v) is 2.21. The van der Waals surface area contributed by atoms with E-state index >= 15 is 0 Å². The molecule has 3 rings (SSSR count). The molecule has 1 aromatic heterocycles. The first kappa shape index (κ1) is 11.8. The lowest BCUT2D eigenvalue weighted by Gasteiger charge is -2.17. The summed E-state index contributed by atoms with van der Waals surface area (Å²) in [6.45, 7) is 2.26. The molecule has 0 radical (unpaired) electrons. The van der Waals surface area contributed by atoms with Gasteiger partial charge in [-0.2, -0.15) is 0 Å². The lowest BCUT2D eigenvalue weighted by Crippen LogP contribution is -2.08. The Hall–Kier alpha value is -2.23. The molecule has 0 atom stereocenters. The van der Waals surface area contributed by atoms with Crippen LogP contribution in [0.25, 0.3) is 11.3 Å². The summed E-state index contributed by atoms with van der Waals surface area (Å²) >= 11 is 0. The molecule has 0 amide bonds. The highest BCUT2D eigenvalue weighted by Crippen LogP contribution is 2.29.